The van der Waals surface area contributed by atoms with E-state index in [1.807, 2.05) is 13.8 Å². The molecule has 6 aliphatic rings. The van der Waals surface area contributed by atoms with Gasteiger partial charge in [0.2, 0.25) is 0 Å². The first kappa shape index (κ1) is 28.1. The first-order valence-corrected chi connectivity index (χ1v) is 16.2. The quantitative estimate of drug-likeness (QED) is 0.465. The Bertz CT molecular complexity index is 1130. The van der Waals surface area contributed by atoms with Crippen LogP contribution in [-0.2, 0) is 23.8 Å². The van der Waals surface area contributed by atoms with Crippen molar-refractivity contribution in [3.05, 3.63) is 23.8 Å². The number of allylic oxidation sites excluding steroid dienone is 3. The minimum absolute atomic E-state index is 0.00114. The lowest BCUT2D eigenvalue weighted by atomic mass is 9.46. The maximum Gasteiger partial charge on any atom is 0.292 e. The second-order valence-corrected chi connectivity index (χ2v) is 15.4. The number of hydrogen-bond acceptors (Lipinski definition) is 7. The number of aliphatic hydroxyl groups is 1. The van der Waals surface area contributed by atoms with Crippen LogP contribution >= 0.6 is 11.8 Å². The molecule has 5 fully saturated rings. The second kappa shape index (κ2) is 9.00. The zero-order chi connectivity index (χ0) is 28.2. The van der Waals surface area contributed by atoms with E-state index in [0.29, 0.717) is 24.2 Å². The normalized spacial score (nSPS) is 50.6. The molecule has 216 valence electrons. The standard InChI is InChI=1S/C32H46O6S/c1-18(25-16-31(6)28(2,3)37-32(36-25,38-31)17-26(35)39-7)21-8-9-22-27-23(11-13-30(21,22)5)29(4)12-10-20(33)14-19(29)15-24(27)34/h10,12,14,18,21-25,27,34H,8-9,11,13,15-17H2,1-7H3/t18-,21?,22?,23?,24?,25+,27-,29-,30+,31-,32-/m0/s1. The minimum Gasteiger partial charge on any atom is -0.392 e. The summed E-state index contributed by atoms with van der Waals surface area (Å²) in [4.78, 5) is 24.7. The number of thioether (sulfide) groups is 1. The molecule has 0 aromatic rings. The Morgan fingerprint density at radius 1 is 1.13 bits per heavy atom. The Labute approximate surface area is 237 Å². The number of carbonyl (C=O) groups excluding carboxylic acids is 2. The topological polar surface area (TPSA) is 82.1 Å². The smallest absolute Gasteiger partial charge is 0.292 e. The van der Waals surface area contributed by atoms with Crippen LogP contribution < -0.4 is 0 Å². The largest absolute Gasteiger partial charge is 0.392 e. The second-order valence-electron chi connectivity index (χ2n) is 14.6. The summed E-state index contributed by atoms with van der Waals surface area (Å²) in [7, 11) is 0. The van der Waals surface area contributed by atoms with Gasteiger partial charge in [-0.25, -0.2) is 0 Å². The average Bonchev–Trinajstić information content (AvgIpc) is 3.26. The van der Waals surface area contributed by atoms with Crippen molar-refractivity contribution >= 4 is 22.7 Å². The fraction of sp³-hybridized carbons (Fsp3) is 0.812. The van der Waals surface area contributed by atoms with Gasteiger partial charge in [0.25, 0.3) is 5.97 Å². The van der Waals surface area contributed by atoms with Gasteiger partial charge < -0.3 is 19.3 Å². The molecule has 7 heteroatoms. The predicted octanol–water partition coefficient (Wildman–Crippen LogP) is 5.82. The summed E-state index contributed by atoms with van der Waals surface area (Å²) in [6.07, 6.45) is 12.8. The van der Waals surface area contributed by atoms with Crippen LogP contribution in [0.1, 0.15) is 86.5 Å². The summed E-state index contributed by atoms with van der Waals surface area (Å²) in [6, 6.07) is 0. The molecular weight excluding hydrogens is 512 g/mol. The maximum absolute atomic E-state index is 12.5. The van der Waals surface area contributed by atoms with Crippen molar-refractivity contribution in [2.24, 2.45) is 40.4 Å². The monoisotopic (exact) mass is 558 g/mol. The molecule has 2 bridgehead atoms. The highest BCUT2D eigenvalue weighted by atomic mass is 32.2. The fourth-order valence-electron chi connectivity index (χ4n) is 9.97. The molecule has 39 heavy (non-hydrogen) atoms. The lowest BCUT2D eigenvalue weighted by molar-refractivity contribution is -0.392. The summed E-state index contributed by atoms with van der Waals surface area (Å²) in [6.45, 7) is 13.3. The first-order valence-electron chi connectivity index (χ1n) is 14.9. The molecule has 6 nitrogen and oxygen atoms in total. The molecule has 2 heterocycles. The van der Waals surface area contributed by atoms with Gasteiger partial charge in [-0.3, -0.25) is 9.59 Å². The van der Waals surface area contributed by atoms with Gasteiger partial charge >= 0.3 is 0 Å². The molecule has 0 amide bonds. The summed E-state index contributed by atoms with van der Waals surface area (Å²) < 4.78 is 19.5. The SMILES string of the molecule is CSC(=O)C[C@@]12O[C@@H]([C@@H](C)C3CCC4[C@@H]5C(O)CC6=CC(=O)C=C[C@]6(C)C5CC[C@@]43C)C[C@](C)(O1)C(C)(C)O2. The molecule has 1 N–H and O–H groups in total. The molecule has 4 aliphatic carbocycles. The fourth-order valence-corrected chi connectivity index (χ4v) is 10.3. The van der Waals surface area contributed by atoms with E-state index in [-0.39, 0.29) is 46.1 Å². The lowest BCUT2D eigenvalue weighted by Gasteiger charge is -2.59. The Morgan fingerprint density at radius 3 is 2.59 bits per heavy atom. The van der Waals surface area contributed by atoms with Crippen LogP contribution in [0.3, 0.4) is 0 Å². The predicted molar refractivity (Wildman–Crippen MR) is 151 cm³/mol. The number of fused-ring (bicyclic) bond motifs is 7. The number of ether oxygens (including phenoxy) is 3. The summed E-state index contributed by atoms with van der Waals surface area (Å²) in [5.41, 5.74) is -0.0293. The van der Waals surface area contributed by atoms with Gasteiger partial charge in [-0.05, 0) is 106 Å². The van der Waals surface area contributed by atoms with Gasteiger partial charge in [0, 0.05) is 11.8 Å². The van der Waals surface area contributed by atoms with Crippen LogP contribution in [0.15, 0.2) is 23.8 Å². The third-order valence-corrected chi connectivity index (χ3v) is 13.0. The Kier molecular flexibility index (Phi) is 6.50. The zero-order valence-electron chi connectivity index (χ0n) is 24.6. The van der Waals surface area contributed by atoms with E-state index in [1.54, 1.807) is 18.4 Å². The van der Waals surface area contributed by atoms with Gasteiger partial charge in [0.15, 0.2) is 10.9 Å². The molecule has 11 atom stereocenters. The maximum atomic E-state index is 12.5. The van der Waals surface area contributed by atoms with Gasteiger partial charge in [0.1, 0.15) is 5.60 Å². The van der Waals surface area contributed by atoms with Gasteiger partial charge in [-0.15, -0.1) is 0 Å². The van der Waals surface area contributed by atoms with Gasteiger partial charge in [-0.2, -0.15) is 0 Å². The molecule has 0 radical (unpaired) electrons. The number of rotatable bonds is 4. The van der Waals surface area contributed by atoms with Crippen molar-refractivity contribution < 1.29 is 28.9 Å². The van der Waals surface area contributed by atoms with Crippen LogP contribution in [0.5, 0.6) is 0 Å². The highest BCUT2D eigenvalue weighted by Gasteiger charge is 2.68. The van der Waals surface area contributed by atoms with E-state index in [0.717, 1.165) is 37.7 Å². The van der Waals surface area contributed by atoms with Crippen LogP contribution in [0, 0.1) is 40.4 Å². The first-order chi connectivity index (χ1) is 18.2. The van der Waals surface area contributed by atoms with Crippen LogP contribution in [0.25, 0.3) is 0 Å². The summed E-state index contributed by atoms with van der Waals surface area (Å²) in [5.74, 6) is 0.465. The van der Waals surface area contributed by atoms with E-state index in [1.165, 1.54) is 11.8 Å². The van der Waals surface area contributed by atoms with E-state index < -0.39 is 23.3 Å². The molecule has 0 spiro atoms. The number of ketones is 1. The molecule has 3 saturated carbocycles. The third kappa shape index (κ3) is 4.04. The number of carbonyl (C=O) groups is 2. The lowest BCUT2D eigenvalue weighted by Crippen LogP contribution is -2.56. The average molecular weight is 559 g/mol. The van der Waals surface area contributed by atoms with Gasteiger partial charge in [0.05, 0.1) is 24.2 Å². The van der Waals surface area contributed by atoms with Gasteiger partial charge in [-0.1, -0.05) is 44.2 Å². The van der Waals surface area contributed by atoms with E-state index in [9.17, 15) is 14.7 Å². The molecule has 4 unspecified atom stereocenters. The highest BCUT2D eigenvalue weighted by Crippen LogP contribution is 2.68. The third-order valence-electron chi connectivity index (χ3n) is 12.4. The van der Waals surface area contributed by atoms with Crippen molar-refractivity contribution in [3.8, 4) is 0 Å². The van der Waals surface area contributed by atoms with E-state index >= 15 is 0 Å². The summed E-state index contributed by atoms with van der Waals surface area (Å²) >= 11 is 1.19. The molecule has 2 aliphatic heterocycles. The van der Waals surface area contributed by atoms with Crippen molar-refractivity contribution in [2.75, 3.05) is 6.26 Å². The Balaban J connectivity index is 1.27. The highest BCUT2D eigenvalue weighted by molar-refractivity contribution is 8.13. The molecular formula is C32H46O6S. The van der Waals surface area contributed by atoms with E-state index in [2.05, 4.69) is 33.8 Å². The Hall–Kier alpha value is -0.990. The van der Waals surface area contributed by atoms with Crippen molar-refractivity contribution in [3.63, 3.8) is 0 Å². The van der Waals surface area contributed by atoms with Crippen LogP contribution in [0.2, 0.25) is 0 Å². The minimum atomic E-state index is -1.33. The molecule has 0 aromatic carbocycles. The van der Waals surface area contributed by atoms with E-state index in [4.69, 9.17) is 14.2 Å². The molecule has 6 rings (SSSR count). The molecule has 0 aromatic heterocycles. The number of aliphatic hydroxyl groups excluding tert-OH is 1. The summed E-state index contributed by atoms with van der Waals surface area (Å²) in [5, 5.41) is 11.5. The van der Waals surface area contributed by atoms with Crippen LogP contribution in [-0.4, -0.2) is 51.6 Å². The van der Waals surface area contributed by atoms with Crippen molar-refractivity contribution in [1.29, 1.82) is 0 Å². The zero-order valence-corrected chi connectivity index (χ0v) is 25.4. The van der Waals surface area contributed by atoms with Crippen molar-refractivity contribution in [2.45, 2.75) is 116 Å². The number of hydrogen-bond donors (Lipinski definition) is 1. The van der Waals surface area contributed by atoms with Crippen LogP contribution in [0.4, 0.5) is 0 Å². The molecule has 2 saturated heterocycles. The van der Waals surface area contributed by atoms with Crippen molar-refractivity contribution in [1.82, 2.24) is 0 Å². The Morgan fingerprint density at radius 2 is 1.87 bits per heavy atom.